The first kappa shape index (κ1) is 9.58. The molecule has 1 saturated heterocycles. The molecule has 1 fully saturated rings. The van der Waals surface area contributed by atoms with Gasteiger partial charge in [0.1, 0.15) is 5.56 Å². The Labute approximate surface area is 85.7 Å². The summed E-state index contributed by atoms with van der Waals surface area (Å²) >= 11 is 1.76. The van der Waals surface area contributed by atoms with Crippen molar-refractivity contribution in [3.05, 3.63) is 17.5 Å². The normalized spacial score (nSPS) is 22.1. The van der Waals surface area contributed by atoms with Crippen molar-refractivity contribution in [3.8, 4) is 0 Å². The first-order chi connectivity index (χ1) is 6.79. The fourth-order valence-electron chi connectivity index (χ4n) is 1.59. The molecule has 5 heteroatoms. The van der Waals surface area contributed by atoms with Gasteiger partial charge in [-0.2, -0.15) is 11.8 Å². The Bertz CT molecular complexity index is 331. The first-order valence-electron chi connectivity index (χ1n) is 4.58. The van der Waals surface area contributed by atoms with Crippen molar-refractivity contribution in [2.75, 3.05) is 5.75 Å². The van der Waals surface area contributed by atoms with Gasteiger partial charge in [0.2, 0.25) is 0 Å². The van der Waals surface area contributed by atoms with Gasteiger partial charge in [-0.25, -0.2) is 4.79 Å². The highest BCUT2D eigenvalue weighted by atomic mass is 32.2. The largest absolute Gasteiger partial charge is 0.478 e. The lowest BCUT2D eigenvalue weighted by Crippen LogP contribution is -2.06. The Morgan fingerprint density at radius 1 is 1.64 bits per heavy atom. The number of thioether (sulfide) groups is 1. The van der Waals surface area contributed by atoms with Crippen LogP contribution in [0, 0.1) is 0 Å². The van der Waals surface area contributed by atoms with Crippen LogP contribution in [0.4, 0.5) is 0 Å². The van der Waals surface area contributed by atoms with Crippen LogP contribution in [0.15, 0.2) is 10.7 Å². The molecule has 1 aliphatic heterocycles. The van der Waals surface area contributed by atoms with Crippen molar-refractivity contribution in [2.24, 2.45) is 0 Å². The van der Waals surface area contributed by atoms with Crippen molar-refractivity contribution in [2.45, 2.75) is 24.5 Å². The lowest BCUT2D eigenvalue weighted by atomic mass is 10.1. The van der Waals surface area contributed by atoms with Crippen LogP contribution in [0.2, 0.25) is 0 Å². The van der Waals surface area contributed by atoms with E-state index in [2.05, 4.69) is 5.16 Å². The van der Waals surface area contributed by atoms with Gasteiger partial charge in [0.25, 0.3) is 0 Å². The van der Waals surface area contributed by atoms with Gasteiger partial charge in [-0.1, -0.05) is 11.6 Å². The van der Waals surface area contributed by atoms with Gasteiger partial charge in [0, 0.05) is 0 Å². The molecule has 14 heavy (non-hydrogen) atoms. The van der Waals surface area contributed by atoms with E-state index in [4.69, 9.17) is 9.63 Å². The molecule has 1 N–H and O–H groups in total. The predicted molar refractivity (Wildman–Crippen MR) is 52.5 cm³/mol. The summed E-state index contributed by atoms with van der Waals surface area (Å²) in [6.07, 6.45) is 4.61. The van der Waals surface area contributed by atoms with E-state index in [-0.39, 0.29) is 10.8 Å². The summed E-state index contributed by atoms with van der Waals surface area (Å²) in [5, 5.41) is 12.6. The minimum atomic E-state index is -0.951. The maximum absolute atomic E-state index is 10.8. The van der Waals surface area contributed by atoms with E-state index in [1.807, 2.05) is 0 Å². The molecule has 0 amide bonds. The third-order valence-electron chi connectivity index (χ3n) is 2.30. The third-order valence-corrected chi connectivity index (χ3v) is 3.68. The number of carbonyl (C=O) groups is 1. The van der Waals surface area contributed by atoms with Crippen LogP contribution in [0.25, 0.3) is 0 Å². The van der Waals surface area contributed by atoms with Crippen LogP contribution in [0.3, 0.4) is 0 Å². The van der Waals surface area contributed by atoms with E-state index in [0.717, 1.165) is 18.6 Å². The summed E-state index contributed by atoms with van der Waals surface area (Å²) in [4.78, 5) is 10.8. The van der Waals surface area contributed by atoms with Gasteiger partial charge in [0.15, 0.2) is 5.76 Å². The molecule has 2 heterocycles. The number of aromatic nitrogens is 1. The van der Waals surface area contributed by atoms with Gasteiger partial charge in [0.05, 0.1) is 11.4 Å². The highest BCUT2D eigenvalue weighted by Gasteiger charge is 2.25. The van der Waals surface area contributed by atoms with Gasteiger partial charge < -0.3 is 9.63 Å². The molecule has 0 aliphatic carbocycles. The topological polar surface area (TPSA) is 63.3 Å². The Kier molecular flexibility index (Phi) is 2.77. The van der Waals surface area contributed by atoms with Crippen LogP contribution >= 0.6 is 11.8 Å². The highest BCUT2D eigenvalue weighted by Crippen LogP contribution is 2.39. The average molecular weight is 213 g/mol. The Hall–Kier alpha value is -0.970. The highest BCUT2D eigenvalue weighted by molar-refractivity contribution is 7.99. The van der Waals surface area contributed by atoms with E-state index in [1.54, 1.807) is 11.8 Å². The van der Waals surface area contributed by atoms with Crippen molar-refractivity contribution in [3.63, 3.8) is 0 Å². The van der Waals surface area contributed by atoms with Crippen LogP contribution in [0.5, 0.6) is 0 Å². The first-order valence-corrected chi connectivity index (χ1v) is 5.63. The summed E-state index contributed by atoms with van der Waals surface area (Å²) in [7, 11) is 0. The van der Waals surface area contributed by atoms with Crippen LogP contribution in [-0.4, -0.2) is 22.0 Å². The zero-order valence-corrected chi connectivity index (χ0v) is 8.42. The maximum Gasteiger partial charge on any atom is 0.341 e. The molecule has 2 rings (SSSR count). The quantitative estimate of drug-likeness (QED) is 0.816. The number of hydrogen-bond acceptors (Lipinski definition) is 4. The SMILES string of the molecule is O=C(O)c1cnoc1C1CCCCS1. The second-order valence-electron chi connectivity index (χ2n) is 3.26. The zero-order chi connectivity index (χ0) is 9.97. The maximum atomic E-state index is 10.8. The fourth-order valence-corrected chi connectivity index (χ4v) is 2.90. The minimum absolute atomic E-state index is 0.178. The van der Waals surface area contributed by atoms with Crippen LogP contribution in [-0.2, 0) is 0 Å². The van der Waals surface area contributed by atoms with E-state index >= 15 is 0 Å². The summed E-state index contributed by atoms with van der Waals surface area (Å²) in [6.45, 7) is 0. The monoisotopic (exact) mass is 213 g/mol. The fraction of sp³-hybridized carbons (Fsp3) is 0.556. The second kappa shape index (κ2) is 4.04. The molecule has 1 aliphatic rings. The molecule has 1 unspecified atom stereocenters. The molecule has 4 nitrogen and oxygen atoms in total. The van der Waals surface area contributed by atoms with Crippen molar-refractivity contribution in [1.29, 1.82) is 0 Å². The van der Waals surface area contributed by atoms with E-state index in [1.165, 1.54) is 12.6 Å². The molecular formula is C9H11NO3S. The van der Waals surface area contributed by atoms with Crippen molar-refractivity contribution < 1.29 is 14.4 Å². The van der Waals surface area contributed by atoms with Crippen LogP contribution < -0.4 is 0 Å². The molecule has 0 saturated carbocycles. The smallest absolute Gasteiger partial charge is 0.341 e. The number of aromatic carboxylic acids is 1. The summed E-state index contributed by atoms with van der Waals surface area (Å²) in [5.74, 6) is 0.652. The van der Waals surface area contributed by atoms with Gasteiger partial charge in [-0.05, 0) is 18.6 Å². The molecule has 0 bridgehead atoms. The summed E-state index contributed by atoms with van der Waals surface area (Å²) in [6, 6.07) is 0. The van der Waals surface area contributed by atoms with Crippen molar-refractivity contribution in [1.82, 2.24) is 5.16 Å². The number of hydrogen-bond donors (Lipinski definition) is 1. The van der Waals surface area contributed by atoms with E-state index in [9.17, 15) is 4.79 Å². The van der Waals surface area contributed by atoms with E-state index < -0.39 is 5.97 Å². The summed E-state index contributed by atoms with van der Waals surface area (Å²) < 4.78 is 5.01. The lowest BCUT2D eigenvalue weighted by molar-refractivity contribution is 0.0694. The number of rotatable bonds is 2. The zero-order valence-electron chi connectivity index (χ0n) is 7.60. The molecule has 0 radical (unpaired) electrons. The minimum Gasteiger partial charge on any atom is -0.478 e. The molecule has 1 aromatic heterocycles. The molecule has 0 aromatic carbocycles. The third kappa shape index (κ3) is 1.77. The van der Waals surface area contributed by atoms with Gasteiger partial charge in [-0.3, -0.25) is 0 Å². The summed E-state index contributed by atoms with van der Waals surface area (Å²) in [5.41, 5.74) is 0.212. The average Bonchev–Trinajstić information content (AvgIpc) is 2.67. The Balaban J connectivity index is 2.21. The number of carboxylic acids is 1. The Morgan fingerprint density at radius 2 is 2.50 bits per heavy atom. The van der Waals surface area contributed by atoms with Crippen LogP contribution in [0.1, 0.15) is 40.6 Å². The predicted octanol–water partition coefficient (Wildman–Crippen LogP) is 2.33. The standard InChI is InChI=1S/C9H11NO3S/c11-9(12)6-5-10-13-8(6)7-3-1-2-4-14-7/h5,7H,1-4H2,(H,11,12). The molecule has 1 atom stereocenters. The molecule has 76 valence electrons. The Morgan fingerprint density at radius 3 is 3.14 bits per heavy atom. The second-order valence-corrected chi connectivity index (χ2v) is 4.57. The molecular weight excluding hydrogens is 202 g/mol. The number of carboxylic acid groups (broad SMARTS) is 1. The van der Waals surface area contributed by atoms with Gasteiger partial charge in [-0.15, -0.1) is 0 Å². The van der Waals surface area contributed by atoms with Gasteiger partial charge >= 0.3 is 5.97 Å². The molecule has 1 aromatic rings. The van der Waals surface area contributed by atoms with E-state index in [0.29, 0.717) is 5.76 Å². The number of nitrogens with zero attached hydrogens (tertiary/aromatic N) is 1. The van der Waals surface area contributed by atoms with Crippen molar-refractivity contribution >= 4 is 17.7 Å². The molecule has 0 spiro atoms. The lowest BCUT2D eigenvalue weighted by Gasteiger charge is -2.18.